The molecule has 22 heavy (non-hydrogen) atoms. The van der Waals surface area contributed by atoms with Crippen molar-refractivity contribution in [3.8, 4) is 34.5 Å². The second kappa shape index (κ2) is 5.87. The summed E-state index contributed by atoms with van der Waals surface area (Å²) in [4.78, 5) is 8.54. The quantitative estimate of drug-likeness (QED) is 0.720. The van der Waals surface area contributed by atoms with Crippen LogP contribution < -0.4 is 0 Å². The fraction of sp³-hybridized carbons (Fsp3) is 0. The Bertz CT molecular complexity index is 902. The maximum Gasteiger partial charge on any atom is 0.101 e. The lowest BCUT2D eigenvalue weighted by Crippen LogP contribution is -1.91. The van der Waals surface area contributed by atoms with Crippen molar-refractivity contribution in [2.75, 3.05) is 0 Å². The second-order valence-corrected chi connectivity index (χ2v) is 4.63. The molecule has 0 N–H and O–H groups in total. The SMILES string of the molecule is N#Cc1cccc(-c2cncc(-c3ccccn3)c2)c1C#N. The van der Waals surface area contributed by atoms with Gasteiger partial charge in [0, 0.05) is 35.3 Å². The molecule has 0 aliphatic carbocycles. The zero-order valence-corrected chi connectivity index (χ0v) is 11.6. The van der Waals surface area contributed by atoms with Crippen molar-refractivity contribution in [3.63, 3.8) is 0 Å². The van der Waals surface area contributed by atoms with Gasteiger partial charge in [0.25, 0.3) is 0 Å². The monoisotopic (exact) mass is 282 g/mol. The van der Waals surface area contributed by atoms with Crippen LogP contribution in [0, 0.1) is 22.7 Å². The van der Waals surface area contributed by atoms with E-state index >= 15 is 0 Å². The standard InChI is InChI=1S/C18H10N4/c19-9-13-4-3-5-16(17(13)10-20)14-8-15(12-21-11-14)18-6-1-2-7-22-18/h1-8,11-12H. The molecule has 0 bridgehead atoms. The summed E-state index contributed by atoms with van der Waals surface area (Å²) in [5.41, 5.74) is 3.90. The molecule has 0 saturated carbocycles. The summed E-state index contributed by atoms with van der Waals surface area (Å²) >= 11 is 0. The van der Waals surface area contributed by atoms with Crippen LogP contribution in [0.1, 0.15) is 11.1 Å². The van der Waals surface area contributed by atoms with Crippen LogP contribution in [0.4, 0.5) is 0 Å². The van der Waals surface area contributed by atoms with Gasteiger partial charge in [0.15, 0.2) is 0 Å². The predicted octanol–water partition coefficient (Wildman–Crippen LogP) is 3.55. The van der Waals surface area contributed by atoms with Crippen molar-refractivity contribution in [2.24, 2.45) is 0 Å². The molecule has 0 spiro atoms. The van der Waals surface area contributed by atoms with Crippen LogP contribution in [0.3, 0.4) is 0 Å². The summed E-state index contributed by atoms with van der Waals surface area (Å²) in [6.45, 7) is 0. The molecule has 4 nitrogen and oxygen atoms in total. The summed E-state index contributed by atoms with van der Waals surface area (Å²) < 4.78 is 0. The van der Waals surface area contributed by atoms with Gasteiger partial charge in [-0.15, -0.1) is 0 Å². The van der Waals surface area contributed by atoms with Crippen molar-refractivity contribution in [3.05, 3.63) is 72.2 Å². The molecular formula is C18H10N4. The Kier molecular flexibility index (Phi) is 3.59. The first-order valence-corrected chi connectivity index (χ1v) is 6.63. The maximum atomic E-state index is 9.34. The molecule has 0 fully saturated rings. The molecule has 3 aromatic rings. The summed E-state index contributed by atoms with van der Waals surface area (Å²) in [6, 6.07) is 17.0. The van der Waals surface area contributed by atoms with Gasteiger partial charge in [0.2, 0.25) is 0 Å². The molecule has 2 aromatic heterocycles. The van der Waals surface area contributed by atoms with Crippen LogP contribution >= 0.6 is 0 Å². The summed E-state index contributed by atoms with van der Waals surface area (Å²) in [5, 5.41) is 18.5. The van der Waals surface area contributed by atoms with Crippen molar-refractivity contribution in [1.29, 1.82) is 10.5 Å². The van der Waals surface area contributed by atoms with Gasteiger partial charge in [-0.2, -0.15) is 10.5 Å². The molecule has 4 heteroatoms. The van der Waals surface area contributed by atoms with Gasteiger partial charge in [-0.05, 0) is 24.3 Å². The molecule has 0 atom stereocenters. The Hall–Kier alpha value is -3.50. The average molecular weight is 282 g/mol. The molecule has 0 saturated heterocycles. The van der Waals surface area contributed by atoms with Crippen LogP contribution in [0.25, 0.3) is 22.4 Å². The van der Waals surface area contributed by atoms with E-state index < -0.39 is 0 Å². The third-order valence-corrected chi connectivity index (χ3v) is 3.31. The molecular weight excluding hydrogens is 272 g/mol. The van der Waals surface area contributed by atoms with Crippen molar-refractivity contribution in [1.82, 2.24) is 9.97 Å². The lowest BCUT2D eigenvalue weighted by molar-refractivity contribution is 1.28. The predicted molar refractivity (Wildman–Crippen MR) is 82.3 cm³/mol. The molecule has 102 valence electrons. The number of hydrogen-bond acceptors (Lipinski definition) is 4. The maximum absolute atomic E-state index is 9.34. The van der Waals surface area contributed by atoms with Crippen LogP contribution in [-0.2, 0) is 0 Å². The van der Waals surface area contributed by atoms with E-state index in [1.54, 1.807) is 30.7 Å². The second-order valence-electron chi connectivity index (χ2n) is 4.63. The number of nitrogens with zero attached hydrogens (tertiary/aromatic N) is 4. The van der Waals surface area contributed by atoms with Gasteiger partial charge >= 0.3 is 0 Å². The van der Waals surface area contributed by atoms with Crippen molar-refractivity contribution in [2.45, 2.75) is 0 Å². The Morgan fingerprint density at radius 2 is 1.73 bits per heavy atom. The smallest absolute Gasteiger partial charge is 0.101 e. The number of pyridine rings is 2. The Labute approximate surface area is 127 Å². The van der Waals surface area contributed by atoms with E-state index in [-0.39, 0.29) is 0 Å². The minimum absolute atomic E-state index is 0.364. The highest BCUT2D eigenvalue weighted by Crippen LogP contribution is 2.28. The normalized spacial score (nSPS) is 9.73. The third kappa shape index (κ3) is 2.42. The first-order chi connectivity index (χ1) is 10.8. The van der Waals surface area contributed by atoms with Crippen molar-refractivity contribution < 1.29 is 0 Å². The number of nitriles is 2. The van der Waals surface area contributed by atoms with E-state index in [9.17, 15) is 5.26 Å². The van der Waals surface area contributed by atoms with Crippen LogP contribution in [0.15, 0.2) is 61.1 Å². The minimum atomic E-state index is 0.364. The molecule has 1 aromatic carbocycles. The van der Waals surface area contributed by atoms with E-state index in [0.29, 0.717) is 16.7 Å². The van der Waals surface area contributed by atoms with E-state index in [0.717, 1.165) is 16.8 Å². The van der Waals surface area contributed by atoms with Gasteiger partial charge in [0.05, 0.1) is 16.8 Å². The third-order valence-electron chi connectivity index (χ3n) is 3.31. The van der Waals surface area contributed by atoms with Gasteiger partial charge in [-0.25, -0.2) is 0 Å². The van der Waals surface area contributed by atoms with Gasteiger partial charge in [-0.1, -0.05) is 18.2 Å². The van der Waals surface area contributed by atoms with Gasteiger partial charge in [-0.3, -0.25) is 9.97 Å². The van der Waals surface area contributed by atoms with E-state index in [1.807, 2.05) is 36.4 Å². The number of benzene rings is 1. The minimum Gasteiger partial charge on any atom is -0.263 e. The van der Waals surface area contributed by atoms with Crippen molar-refractivity contribution >= 4 is 0 Å². The van der Waals surface area contributed by atoms with Crippen LogP contribution in [-0.4, -0.2) is 9.97 Å². The molecule has 0 radical (unpaired) electrons. The molecule has 0 aliphatic rings. The zero-order valence-electron chi connectivity index (χ0n) is 11.6. The fourth-order valence-corrected chi connectivity index (χ4v) is 2.27. The average Bonchev–Trinajstić information content (AvgIpc) is 2.61. The summed E-state index contributed by atoms with van der Waals surface area (Å²) in [6.07, 6.45) is 5.13. The molecule has 3 rings (SSSR count). The fourth-order valence-electron chi connectivity index (χ4n) is 2.27. The number of aromatic nitrogens is 2. The zero-order chi connectivity index (χ0) is 15.4. The lowest BCUT2D eigenvalue weighted by Gasteiger charge is -2.07. The van der Waals surface area contributed by atoms with E-state index in [4.69, 9.17) is 5.26 Å². The molecule has 0 aliphatic heterocycles. The highest BCUT2D eigenvalue weighted by atomic mass is 14.7. The van der Waals surface area contributed by atoms with E-state index in [1.165, 1.54) is 0 Å². The summed E-state index contributed by atoms with van der Waals surface area (Å²) in [5.74, 6) is 0. The number of hydrogen-bond donors (Lipinski definition) is 0. The van der Waals surface area contributed by atoms with E-state index in [2.05, 4.69) is 16.0 Å². The first-order valence-electron chi connectivity index (χ1n) is 6.63. The van der Waals surface area contributed by atoms with Crippen LogP contribution in [0.2, 0.25) is 0 Å². The highest BCUT2D eigenvalue weighted by molar-refractivity contribution is 5.76. The molecule has 0 unspecified atom stereocenters. The van der Waals surface area contributed by atoms with Crippen LogP contribution in [0.5, 0.6) is 0 Å². The van der Waals surface area contributed by atoms with Gasteiger partial charge < -0.3 is 0 Å². The molecule has 0 amide bonds. The summed E-state index contributed by atoms with van der Waals surface area (Å²) in [7, 11) is 0. The Morgan fingerprint density at radius 3 is 2.45 bits per heavy atom. The van der Waals surface area contributed by atoms with Gasteiger partial charge in [0.1, 0.15) is 12.1 Å². The first kappa shape index (κ1) is 13.5. The molecule has 2 heterocycles. The topological polar surface area (TPSA) is 73.4 Å². The highest BCUT2D eigenvalue weighted by Gasteiger charge is 2.11. The Balaban J connectivity index is 2.16. The number of rotatable bonds is 2. The largest absolute Gasteiger partial charge is 0.263 e. The lowest BCUT2D eigenvalue weighted by atomic mass is 9.96. The Morgan fingerprint density at radius 1 is 0.864 bits per heavy atom.